The summed E-state index contributed by atoms with van der Waals surface area (Å²) in [6, 6.07) is 16.5. The molecule has 1 N–H and O–H groups in total. The van der Waals surface area contributed by atoms with E-state index >= 15 is 0 Å². The van der Waals surface area contributed by atoms with Gasteiger partial charge in [-0.25, -0.2) is 0 Å². The molecular weight excluding hydrogens is 434 g/mol. The zero-order chi connectivity index (χ0) is 23.2. The summed E-state index contributed by atoms with van der Waals surface area (Å²) in [6.45, 7) is 9.09. The molecule has 2 heterocycles. The maximum absolute atomic E-state index is 12.7. The highest BCUT2D eigenvalue weighted by molar-refractivity contribution is 7.99. The molecule has 1 aliphatic rings. The Hall–Kier alpha value is -2.84. The summed E-state index contributed by atoms with van der Waals surface area (Å²) in [5, 5.41) is 12.8. The van der Waals surface area contributed by atoms with Crippen LogP contribution >= 0.6 is 11.8 Å². The quantitative estimate of drug-likeness (QED) is 0.508. The molecule has 174 valence electrons. The van der Waals surface area contributed by atoms with E-state index < -0.39 is 0 Å². The number of nitrogens with one attached hydrogen (secondary N) is 1. The molecule has 8 heteroatoms. The second kappa shape index (κ2) is 10.9. The number of thioether (sulfide) groups is 1. The molecule has 2 aromatic carbocycles. The van der Waals surface area contributed by atoms with Crippen LogP contribution in [0.1, 0.15) is 36.6 Å². The normalized spacial score (nSPS) is 14.8. The molecule has 1 unspecified atom stereocenters. The zero-order valence-electron chi connectivity index (χ0n) is 19.5. The lowest BCUT2D eigenvalue weighted by Crippen LogP contribution is -2.38. The first kappa shape index (κ1) is 23.3. The first-order valence-corrected chi connectivity index (χ1v) is 12.4. The van der Waals surface area contributed by atoms with Crippen LogP contribution in [0.5, 0.6) is 0 Å². The third kappa shape index (κ3) is 5.57. The number of para-hydroxylation sites is 1. The highest BCUT2D eigenvalue weighted by atomic mass is 32.2. The van der Waals surface area contributed by atoms with Gasteiger partial charge >= 0.3 is 0 Å². The minimum Gasteiger partial charge on any atom is -0.378 e. The van der Waals surface area contributed by atoms with Gasteiger partial charge in [-0.3, -0.25) is 9.36 Å². The van der Waals surface area contributed by atoms with E-state index in [1.165, 1.54) is 17.3 Å². The Bertz CT molecular complexity index is 1080. The molecule has 1 saturated heterocycles. The van der Waals surface area contributed by atoms with Crippen LogP contribution < -0.4 is 10.2 Å². The predicted octanol–water partition coefficient (Wildman–Crippen LogP) is 3.94. The Morgan fingerprint density at radius 2 is 1.85 bits per heavy atom. The van der Waals surface area contributed by atoms with Gasteiger partial charge in [-0.15, -0.1) is 10.2 Å². The fourth-order valence-corrected chi connectivity index (χ4v) is 4.64. The molecule has 3 aromatic rings. The number of carbonyl (C=O) groups excluding carboxylic acids is 1. The highest BCUT2D eigenvalue weighted by Gasteiger charge is 2.23. The largest absolute Gasteiger partial charge is 0.378 e. The second-order valence-corrected chi connectivity index (χ2v) is 9.12. The number of ether oxygens (including phenoxy) is 1. The Morgan fingerprint density at radius 3 is 2.55 bits per heavy atom. The van der Waals surface area contributed by atoms with E-state index in [9.17, 15) is 4.79 Å². The number of aryl methyl sites for hydroxylation is 2. The van der Waals surface area contributed by atoms with Gasteiger partial charge in [-0.2, -0.15) is 0 Å². The van der Waals surface area contributed by atoms with E-state index in [1.54, 1.807) is 0 Å². The van der Waals surface area contributed by atoms with Crippen LogP contribution in [0.4, 0.5) is 5.95 Å². The van der Waals surface area contributed by atoms with Crippen molar-refractivity contribution in [3.05, 3.63) is 65.2 Å². The predicted molar refractivity (Wildman–Crippen MR) is 132 cm³/mol. The maximum Gasteiger partial charge on any atom is 0.232 e. The molecule has 0 aliphatic carbocycles. The smallest absolute Gasteiger partial charge is 0.232 e. The lowest BCUT2D eigenvalue weighted by molar-refractivity contribution is -0.119. The summed E-state index contributed by atoms with van der Waals surface area (Å²) in [5.41, 5.74) is 4.54. The van der Waals surface area contributed by atoms with E-state index in [2.05, 4.69) is 75.2 Å². The van der Waals surface area contributed by atoms with Crippen molar-refractivity contribution in [2.45, 2.75) is 38.4 Å². The number of morpholine rings is 1. The SMILES string of the molecule is CCc1ccc(C(C)NC(=O)CSc2nnc(N3CCOCC3)n2-c2ccccc2C)cc1. The number of benzene rings is 2. The van der Waals surface area contributed by atoms with Crippen molar-refractivity contribution in [3.8, 4) is 5.69 Å². The minimum atomic E-state index is -0.0536. The van der Waals surface area contributed by atoms with Crippen LogP contribution in [0.15, 0.2) is 53.7 Å². The monoisotopic (exact) mass is 465 g/mol. The van der Waals surface area contributed by atoms with Crippen molar-refractivity contribution in [3.63, 3.8) is 0 Å². The van der Waals surface area contributed by atoms with Gasteiger partial charge in [0.15, 0.2) is 5.16 Å². The van der Waals surface area contributed by atoms with Gasteiger partial charge < -0.3 is 15.0 Å². The van der Waals surface area contributed by atoms with Crippen molar-refractivity contribution in [1.29, 1.82) is 0 Å². The molecule has 0 spiro atoms. The van der Waals surface area contributed by atoms with Crippen molar-refractivity contribution >= 4 is 23.6 Å². The van der Waals surface area contributed by atoms with Gasteiger partial charge in [0, 0.05) is 13.1 Å². The number of rotatable bonds is 8. The van der Waals surface area contributed by atoms with E-state index in [0.29, 0.717) is 18.4 Å². The summed E-state index contributed by atoms with van der Waals surface area (Å²) in [7, 11) is 0. The van der Waals surface area contributed by atoms with Crippen LogP contribution in [0, 0.1) is 6.92 Å². The lowest BCUT2D eigenvalue weighted by atomic mass is 10.1. The fraction of sp³-hybridized carbons (Fsp3) is 0.400. The molecule has 4 rings (SSSR count). The van der Waals surface area contributed by atoms with Crippen LogP contribution in [-0.4, -0.2) is 52.7 Å². The van der Waals surface area contributed by atoms with Gasteiger partial charge in [0.05, 0.1) is 30.7 Å². The number of anilines is 1. The second-order valence-electron chi connectivity index (χ2n) is 8.18. The van der Waals surface area contributed by atoms with E-state index in [0.717, 1.165) is 42.3 Å². The number of nitrogens with zero attached hydrogens (tertiary/aromatic N) is 4. The maximum atomic E-state index is 12.7. The molecule has 1 aromatic heterocycles. The summed E-state index contributed by atoms with van der Waals surface area (Å²) in [5.74, 6) is 1.03. The Kier molecular flexibility index (Phi) is 7.67. The molecule has 1 fully saturated rings. The van der Waals surface area contributed by atoms with Crippen LogP contribution in [-0.2, 0) is 16.0 Å². The summed E-state index contributed by atoms with van der Waals surface area (Å²) >= 11 is 1.41. The Morgan fingerprint density at radius 1 is 1.12 bits per heavy atom. The fourth-order valence-electron chi connectivity index (χ4n) is 3.89. The number of aromatic nitrogens is 3. The standard InChI is InChI=1S/C25H31N5O2S/c1-4-20-9-11-21(12-10-20)19(3)26-23(31)17-33-25-28-27-24(29-13-15-32-16-14-29)30(25)22-8-6-5-7-18(22)2/h5-12,19H,4,13-17H2,1-3H3,(H,26,31). The van der Waals surface area contributed by atoms with Crippen molar-refractivity contribution in [2.75, 3.05) is 37.0 Å². The lowest BCUT2D eigenvalue weighted by Gasteiger charge is -2.28. The third-order valence-electron chi connectivity index (χ3n) is 5.86. The molecule has 0 bridgehead atoms. The van der Waals surface area contributed by atoms with Crippen molar-refractivity contribution < 1.29 is 9.53 Å². The van der Waals surface area contributed by atoms with E-state index in [1.807, 2.05) is 19.1 Å². The molecule has 7 nitrogen and oxygen atoms in total. The first-order chi connectivity index (χ1) is 16.1. The average Bonchev–Trinajstić information content (AvgIpc) is 3.27. The molecule has 1 amide bonds. The van der Waals surface area contributed by atoms with Gasteiger partial charge in [0.2, 0.25) is 11.9 Å². The van der Waals surface area contributed by atoms with E-state index in [4.69, 9.17) is 4.74 Å². The van der Waals surface area contributed by atoms with Crippen LogP contribution in [0.2, 0.25) is 0 Å². The van der Waals surface area contributed by atoms with Gasteiger partial charge in [-0.1, -0.05) is 61.2 Å². The summed E-state index contributed by atoms with van der Waals surface area (Å²) in [4.78, 5) is 14.9. The zero-order valence-corrected chi connectivity index (χ0v) is 20.3. The minimum absolute atomic E-state index is 0.0284. The molecule has 1 atom stereocenters. The molecule has 0 radical (unpaired) electrons. The van der Waals surface area contributed by atoms with Gasteiger partial charge in [0.25, 0.3) is 0 Å². The first-order valence-electron chi connectivity index (χ1n) is 11.4. The highest BCUT2D eigenvalue weighted by Crippen LogP contribution is 2.29. The summed E-state index contributed by atoms with van der Waals surface area (Å²) in [6.07, 6.45) is 1.01. The van der Waals surface area contributed by atoms with E-state index in [-0.39, 0.29) is 17.7 Å². The van der Waals surface area contributed by atoms with Crippen LogP contribution in [0.3, 0.4) is 0 Å². The molecule has 33 heavy (non-hydrogen) atoms. The summed E-state index contributed by atoms with van der Waals surface area (Å²) < 4.78 is 7.57. The van der Waals surface area contributed by atoms with Gasteiger partial charge in [-0.05, 0) is 43.0 Å². The number of amides is 1. The number of hydrogen-bond donors (Lipinski definition) is 1. The van der Waals surface area contributed by atoms with Gasteiger partial charge in [0.1, 0.15) is 0 Å². The molecular formula is C25H31N5O2S. The molecule has 0 saturated carbocycles. The number of hydrogen-bond acceptors (Lipinski definition) is 6. The Labute approximate surface area is 199 Å². The third-order valence-corrected chi connectivity index (χ3v) is 6.79. The number of carbonyl (C=O) groups is 1. The Balaban J connectivity index is 1.48. The average molecular weight is 466 g/mol. The van der Waals surface area contributed by atoms with Crippen molar-refractivity contribution in [1.82, 2.24) is 20.1 Å². The van der Waals surface area contributed by atoms with Crippen LogP contribution in [0.25, 0.3) is 5.69 Å². The topological polar surface area (TPSA) is 72.3 Å². The molecule has 1 aliphatic heterocycles. The van der Waals surface area contributed by atoms with Crippen molar-refractivity contribution in [2.24, 2.45) is 0 Å².